The third kappa shape index (κ3) is 8.39. The average molecular weight is 276 g/mol. The summed E-state index contributed by atoms with van der Waals surface area (Å²) in [5.74, 6) is -0.850. The van der Waals surface area contributed by atoms with Crippen molar-refractivity contribution < 1.29 is 24.2 Å². The van der Waals surface area contributed by atoms with Gasteiger partial charge in [0.1, 0.15) is 0 Å². The zero-order valence-corrected chi connectivity index (χ0v) is 11.9. The summed E-state index contributed by atoms with van der Waals surface area (Å²) in [6, 6.07) is -0.139. The molecule has 1 N–H and O–H groups in total. The summed E-state index contributed by atoms with van der Waals surface area (Å²) in [7, 11) is 4.82. The van der Waals surface area contributed by atoms with Gasteiger partial charge >= 0.3 is 12.0 Å². The number of nitrogens with zero attached hydrogens (tertiary/aromatic N) is 2. The van der Waals surface area contributed by atoms with Crippen LogP contribution in [0.25, 0.3) is 0 Å². The van der Waals surface area contributed by atoms with Gasteiger partial charge in [-0.05, 0) is 6.42 Å². The molecular weight excluding hydrogens is 252 g/mol. The van der Waals surface area contributed by atoms with E-state index in [9.17, 15) is 9.59 Å². The molecule has 0 aromatic carbocycles. The Morgan fingerprint density at radius 1 is 1.05 bits per heavy atom. The van der Waals surface area contributed by atoms with E-state index in [1.807, 2.05) is 0 Å². The van der Waals surface area contributed by atoms with E-state index in [-0.39, 0.29) is 12.5 Å². The Balaban J connectivity index is 4.21. The fourth-order valence-electron chi connectivity index (χ4n) is 1.51. The number of aliphatic carboxylic acids is 1. The number of amides is 2. The Labute approximate surface area is 114 Å². The number of carboxylic acid groups (broad SMARTS) is 1. The van der Waals surface area contributed by atoms with E-state index in [0.717, 1.165) is 0 Å². The van der Waals surface area contributed by atoms with Crippen molar-refractivity contribution in [3.05, 3.63) is 0 Å². The van der Waals surface area contributed by atoms with Crippen molar-refractivity contribution in [3.8, 4) is 0 Å². The summed E-state index contributed by atoms with van der Waals surface area (Å²) in [4.78, 5) is 25.7. The summed E-state index contributed by atoms with van der Waals surface area (Å²) < 4.78 is 9.93. The molecule has 2 amide bonds. The molecule has 0 rings (SSSR count). The van der Waals surface area contributed by atoms with Crippen LogP contribution in [0, 0.1) is 0 Å². The molecule has 19 heavy (non-hydrogen) atoms. The third-order valence-electron chi connectivity index (χ3n) is 2.61. The number of hydrogen-bond acceptors (Lipinski definition) is 4. The van der Waals surface area contributed by atoms with E-state index in [4.69, 9.17) is 14.6 Å². The van der Waals surface area contributed by atoms with Crippen molar-refractivity contribution >= 4 is 12.0 Å². The van der Waals surface area contributed by atoms with Crippen LogP contribution in [0.1, 0.15) is 12.8 Å². The van der Waals surface area contributed by atoms with Gasteiger partial charge in [-0.15, -0.1) is 0 Å². The fourth-order valence-corrected chi connectivity index (χ4v) is 1.51. The summed E-state index contributed by atoms with van der Waals surface area (Å²) in [5, 5.41) is 8.56. The lowest BCUT2D eigenvalue weighted by molar-refractivity contribution is -0.137. The maximum Gasteiger partial charge on any atom is 0.319 e. The number of hydrogen-bond donors (Lipinski definition) is 1. The first-order chi connectivity index (χ1) is 9.02. The van der Waals surface area contributed by atoms with E-state index in [0.29, 0.717) is 39.3 Å². The van der Waals surface area contributed by atoms with E-state index in [2.05, 4.69) is 0 Å². The minimum atomic E-state index is -0.850. The summed E-state index contributed by atoms with van der Waals surface area (Å²) in [5.41, 5.74) is 0. The normalized spacial score (nSPS) is 10.3. The number of rotatable bonds is 10. The molecule has 0 spiro atoms. The van der Waals surface area contributed by atoms with Gasteiger partial charge in [-0.25, -0.2) is 4.79 Å². The van der Waals surface area contributed by atoms with Crippen LogP contribution >= 0.6 is 0 Å². The van der Waals surface area contributed by atoms with Crippen LogP contribution < -0.4 is 0 Å². The van der Waals surface area contributed by atoms with Gasteiger partial charge in [-0.2, -0.15) is 0 Å². The minimum Gasteiger partial charge on any atom is -0.481 e. The molecule has 0 saturated heterocycles. The molecule has 0 fully saturated rings. The van der Waals surface area contributed by atoms with Crippen molar-refractivity contribution in [2.75, 3.05) is 54.1 Å². The summed E-state index contributed by atoms with van der Waals surface area (Å²) in [6.07, 6.45) is 0.508. The van der Waals surface area contributed by atoms with Crippen LogP contribution in [-0.4, -0.2) is 81.0 Å². The van der Waals surface area contributed by atoms with Gasteiger partial charge in [0.25, 0.3) is 0 Å². The van der Waals surface area contributed by atoms with Gasteiger partial charge < -0.3 is 24.4 Å². The Morgan fingerprint density at radius 3 is 2.00 bits per heavy atom. The Bertz CT molecular complexity index is 265. The number of carboxylic acids is 1. The molecular formula is C12H24N2O5. The lowest BCUT2D eigenvalue weighted by Crippen LogP contribution is -2.44. The van der Waals surface area contributed by atoms with Crippen molar-refractivity contribution in [1.82, 2.24) is 9.80 Å². The van der Waals surface area contributed by atoms with Crippen molar-refractivity contribution in [1.29, 1.82) is 0 Å². The maximum absolute atomic E-state index is 12.1. The van der Waals surface area contributed by atoms with E-state index >= 15 is 0 Å². The third-order valence-corrected chi connectivity index (χ3v) is 2.61. The van der Waals surface area contributed by atoms with Gasteiger partial charge in [0, 0.05) is 47.3 Å². The molecule has 0 aliphatic carbocycles. The average Bonchev–Trinajstić information content (AvgIpc) is 2.37. The Morgan fingerprint density at radius 2 is 1.58 bits per heavy atom. The predicted octanol–water partition coefficient (Wildman–Crippen LogP) is 0.498. The molecule has 112 valence electrons. The van der Waals surface area contributed by atoms with Crippen molar-refractivity contribution in [2.45, 2.75) is 12.8 Å². The molecule has 0 radical (unpaired) electrons. The second-order valence-corrected chi connectivity index (χ2v) is 4.17. The molecule has 0 aromatic heterocycles. The molecule has 0 heterocycles. The lowest BCUT2D eigenvalue weighted by Gasteiger charge is -2.27. The summed E-state index contributed by atoms with van der Waals surface area (Å²) >= 11 is 0. The smallest absolute Gasteiger partial charge is 0.319 e. The van der Waals surface area contributed by atoms with Crippen LogP contribution in [0.3, 0.4) is 0 Å². The second kappa shape index (κ2) is 10.6. The number of methoxy groups -OCH3 is 2. The zero-order valence-electron chi connectivity index (χ0n) is 11.9. The SMILES string of the molecule is COCCN(CCOC)C(=O)N(C)CCCC(=O)O. The first-order valence-corrected chi connectivity index (χ1v) is 6.22. The van der Waals surface area contributed by atoms with Crippen molar-refractivity contribution in [2.24, 2.45) is 0 Å². The highest BCUT2D eigenvalue weighted by atomic mass is 16.5. The number of ether oxygens (including phenoxy) is 2. The number of carbonyl (C=O) groups excluding carboxylic acids is 1. The standard InChI is InChI=1S/C12H24N2O5/c1-13(6-4-5-11(15)16)12(17)14(7-9-18-2)8-10-19-3/h4-10H2,1-3H3,(H,15,16). The second-order valence-electron chi connectivity index (χ2n) is 4.17. The number of carbonyl (C=O) groups is 2. The molecule has 0 aliphatic rings. The molecule has 0 aliphatic heterocycles. The minimum absolute atomic E-state index is 0.0633. The van der Waals surface area contributed by atoms with Crippen molar-refractivity contribution in [3.63, 3.8) is 0 Å². The quantitative estimate of drug-likeness (QED) is 0.628. The molecule has 7 heteroatoms. The first-order valence-electron chi connectivity index (χ1n) is 6.22. The molecule has 7 nitrogen and oxygen atoms in total. The molecule has 0 saturated carbocycles. The zero-order chi connectivity index (χ0) is 14.7. The van der Waals surface area contributed by atoms with Gasteiger partial charge in [0.15, 0.2) is 0 Å². The molecule has 0 atom stereocenters. The van der Waals surface area contributed by atoms with Gasteiger partial charge in [-0.1, -0.05) is 0 Å². The Hall–Kier alpha value is -1.34. The van der Waals surface area contributed by atoms with Crippen LogP contribution in [-0.2, 0) is 14.3 Å². The highest BCUT2D eigenvalue weighted by Gasteiger charge is 2.17. The van der Waals surface area contributed by atoms with Gasteiger partial charge in [-0.3, -0.25) is 4.79 Å². The van der Waals surface area contributed by atoms with Crippen LogP contribution in [0.4, 0.5) is 4.79 Å². The van der Waals surface area contributed by atoms with Crippen LogP contribution in [0.2, 0.25) is 0 Å². The van der Waals surface area contributed by atoms with E-state index < -0.39 is 5.97 Å². The summed E-state index contributed by atoms with van der Waals surface area (Å²) in [6.45, 7) is 2.31. The highest BCUT2D eigenvalue weighted by molar-refractivity contribution is 5.74. The highest BCUT2D eigenvalue weighted by Crippen LogP contribution is 2.00. The number of urea groups is 1. The van der Waals surface area contributed by atoms with E-state index in [1.54, 1.807) is 26.2 Å². The lowest BCUT2D eigenvalue weighted by atomic mass is 10.3. The molecule has 0 aromatic rings. The maximum atomic E-state index is 12.1. The van der Waals surface area contributed by atoms with Crippen LogP contribution in [0.15, 0.2) is 0 Å². The Kier molecular flexibility index (Phi) is 9.82. The fraction of sp³-hybridized carbons (Fsp3) is 0.833. The monoisotopic (exact) mass is 276 g/mol. The van der Waals surface area contributed by atoms with E-state index in [1.165, 1.54) is 4.90 Å². The topological polar surface area (TPSA) is 79.3 Å². The molecule has 0 unspecified atom stereocenters. The van der Waals surface area contributed by atoms with Crippen LogP contribution in [0.5, 0.6) is 0 Å². The van der Waals surface area contributed by atoms with Gasteiger partial charge in [0.2, 0.25) is 0 Å². The molecule has 0 bridgehead atoms. The predicted molar refractivity (Wildman–Crippen MR) is 70.2 cm³/mol. The first kappa shape index (κ1) is 17.7. The largest absolute Gasteiger partial charge is 0.481 e. The van der Waals surface area contributed by atoms with Gasteiger partial charge in [0.05, 0.1) is 13.2 Å².